The summed E-state index contributed by atoms with van der Waals surface area (Å²) in [5.74, 6) is 1.12. The molecule has 4 aromatic heterocycles. The normalized spacial score (nSPS) is 17.4. The minimum atomic E-state index is -3.26. The summed E-state index contributed by atoms with van der Waals surface area (Å²) in [5.41, 5.74) is 6.16. The van der Waals surface area contributed by atoms with Gasteiger partial charge in [-0.3, -0.25) is 0 Å². The SMILES string of the molecule is O=P1(c2ccccc2)c2ccccc2-c2c(-c3nc(-c4cccc5c4-c4ccccc4P5(=O)c4ccccc4)nc(-n4c5ncccc5c5cccnc54)n3)cccc21. The van der Waals surface area contributed by atoms with Crippen molar-refractivity contribution in [2.24, 2.45) is 0 Å². The van der Waals surface area contributed by atoms with Gasteiger partial charge in [-0.15, -0.1) is 0 Å². The number of hydrogen-bond acceptors (Lipinski definition) is 7. The molecule has 0 radical (unpaired) electrons. The molecule has 0 fully saturated rings. The summed E-state index contributed by atoms with van der Waals surface area (Å²) in [6.07, 6.45) is 3.51. The van der Waals surface area contributed by atoms with E-state index in [1.165, 1.54) is 0 Å². The maximum atomic E-state index is 15.6. The number of aromatic nitrogens is 6. The lowest BCUT2D eigenvalue weighted by Gasteiger charge is -2.17. The molecule has 2 aliphatic rings. The molecule has 0 spiro atoms. The summed E-state index contributed by atoms with van der Waals surface area (Å²) in [5, 5.41) is 6.41. The van der Waals surface area contributed by atoms with E-state index in [2.05, 4.69) is 0 Å². The van der Waals surface area contributed by atoms with Gasteiger partial charge < -0.3 is 9.13 Å². The van der Waals surface area contributed by atoms with Gasteiger partial charge in [0.25, 0.3) is 0 Å². The van der Waals surface area contributed by atoms with Crippen LogP contribution in [0.3, 0.4) is 0 Å². The van der Waals surface area contributed by atoms with E-state index in [1.54, 1.807) is 12.4 Å². The van der Waals surface area contributed by atoms with Gasteiger partial charge in [-0.25, -0.2) is 19.5 Å². The van der Waals surface area contributed by atoms with Gasteiger partial charge in [0.1, 0.15) is 11.3 Å². The van der Waals surface area contributed by atoms with E-state index in [0.717, 1.165) is 76.0 Å². The van der Waals surface area contributed by atoms with Crippen molar-refractivity contribution in [1.29, 1.82) is 0 Å². The average Bonchev–Trinajstić information content (AvgIpc) is 3.89. The number of benzene rings is 6. The molecule has 6 aromatic carbocycles. The van der Waals surface area contributed by atoms with Crippen LogP contribution in [0.5, 0.6) is 0 Å². The highest BCUT2D eigenvalue weighted by Gasteiger charge is 2.43. The molecule has 0 aliphatic carbocycles. The van der Waals surface area contributed by atoms with E-state index >= 15 is 9.13 Å². The largest absolute Gasteiger partial charge is 0.309 e. The highest BCUT2D eigenvalue weighted by Crippen LogP contribution is 2.55. The van der Waals surface area contributed by atoms with Gasteiger partial charge in [-0.2, -0.15) is 9.97 Å². The molecule has 59 heavy (non-hydrogen) atoms. The van der Waals surface area contributed by atoms with E-state index in [-0.39, 0.29) is 0 Å². The van der Waals surface area contributed by atoms with E-state index in [9.17, 15) is 0 Å². The second-order valence-corrected chi connectivity index (χ2v) is 20.1. The summed E-state index contributed by atoms with van der Waals surface area (Å²) in [4.78, 5) is 25.5. The molecule has 0 amide bonds. The monoisotopic (exact) mass is 796 g/mol. The molecule has 0 N–H and O–H groups in total. The lowest BCUT2D eigenvalue weighted by atomic mass is 9.98. The molecule has 6 heterocycles. The molecular weight excluding hydrogens is 767 g/mol. The van der Waals surface area contributed by atoms with Crippen molar-refractivity contribution in [2.45, 2.75) is 0 Å². The minimum Gasteiger partial charge on any atom is -0.309 e. The standard InChI is InChI=1S/C49H30N6O2P2/c56-58(31-15-3-1-4-16-31)39-25-9-7-19-35(39)43-37(21-11-27-41(43)58)45-52-46(54-49(53-45)55-47-33(23-13-29-50-47)34-24-14-30-51-48(34)55)38-22-12-28-42-44(38)36-20-8-10-26-40(36)59(42,57)32-17-5-2-6-18-32/h1-30H. The van der Waals surface area contributed by atoms with Crippen molar-refractivity contribution >= 4 is 68.2 Å². The van der Waals surface area contributed by atoms with Crippen LogP contribution in [0.4, 0.5) is 0 Å². The molecule has 2 unspecified atom stereocenters. The maximum Gasteiger partial charge on any atom is 0.241 e. The van der Waals surface area contributed by atoms with Gasteiger partial charge in [-0.1, -0.05) is 146 Å². The molecule has 10 aromatic rings. The fourth-order valence-electron chi connectivity index (χ4n) is 9.12. The zero-order valence-corrected chi connectivity index (χ0v) is 33.0. The molecule has 0 bridgehead atoms. The van der Waals surface area contributed by atoms with Crippen LogP contribution in [-0.4, -0.2) is 29.5 Å². The smallest absolute Gasteiger partial charge is 0.241 e. The molecule has 0 saturated carbocycles. The van der Waals surface area contributed by atoms with Crippen LogP contribution in [0.2, 0.25) is 0 Å². The Kier molecular flexibility index (Phi) is 7.31. The minimum absolute atomic E-state index is 0.327. The Labute approximate surface area is 338 Å². The van der Waals surface area contributed by atoms with Crippen LogP contribution >= 0.6 is 14.3 Å². The Morgan fingerprint density at radius 1 is 0.373 bits per heavy atom. The molecule has 278 valence electrons. The first kappa shape index (κ1) is 34.0. The quantitative estimate of drug-likeness (QED) is 0.162. The van der Waals surface area contributed by atoms with Crippen molar-refractivity contribution in [3.05, 3.63) is 182 Å². The van der Waals surface area contributed by atoms with E-state index in [0.29, 0.717) is 28.9 Å². The van der Waals surface area contributed by atoms with Crippen LogP contribution in [0.15, 0.2) is 182 Å². The zero-order chi connectivity index (χ0) is 39.3. The van der Waals surface area contributed by atoms with Crippen molar-refractivity contribution < 1.29 is 9.13 Å². The Balaban J connectivity index is 1.18. The van der Waals surface area contributed by atoms with Crippen molar-refractivity contribution in [3.63, 3.8) is 0 Å². The molecule has 10 heteroatoms. The highest BCUT2D eigenvalue weighted by atomic mass is 31.2. The summed E-state index contributed by atoms with van der Waals surface area (Å²) in [6, 6.07) is 55.0. The van der Waals surface area contributed by atoms with Crippen LogP contribution in [0, 0.1) is 0 Å². The van der Waals surface area contributed by atoms with Gasteiger partial charge in [-0.05, 0) is 35.4 Å². The van der Waals surface area contributed by atoms with Gasteiger partial charge in [0.15, 0.2) is 25.9 Å². The first-order valence-corrected chi connectivity index (χ1v) is 22.7. The number of hydrogen-bond donors (Lipinski definition) is 0. The summed E-state index contributed by atoms with van der Waals surface area (Å²) < 4.78 is 33.1. The summed E-state index contributed by atoms with van der Waals surface area (Å²) in [6.45, 7) is 0. The van der Waals surface area contributed by atoms with Crippen molar-refractivity contribution in [3.8, 4) is 51.0 Å². The van der Waals surface area contributed by atoms with Crippen LogP contribution in [0.1, 0.15) is 0 Å². The average molecular weight is 797 g/mol. The van der Waals surface area contributed by atoms with Crippen LogP contribution < -0.4 is 31.8 Å². The molecule has 12 rings (SSSR count). The zero-order valence-electron chi connectivity index (χ0n) is 31.2. The molecule has 2 atom stereocenters. The third-order valence-electron chi connectivity index (χ3n) is 11.6. The van der Waals surface area contributed by atoms with Crippen molar-refractivity contribution in [2.75, 3.05) is 0 Å². The lowest BCUT2D eigenvalue weighted by molar-refractivity contribution is 0.592. The Bertz CT molecular complexity index is 3250. The number of pyridine rings is 2. The topological polar surface area (TPSA) is 104 Å². The number of fused-ring (bicyclic) bond motifs is 9. The molecule has 0 saturated heterocycles. The predicted molar refractivity (Wildman–Crippen MR) is 237 cm³/mol. The Hall–Kier alpha value is -7.11. The highest BCUT2D eigenvalue weighted by molar-refractivity contribution is 7.87. The molecular formula is C49H30N6O2P2. The van der Waals surface area contributed by atoms with Crippen LogP contribution in [-0.2, 0) is 9.13 Å². The fraction of sp³-hybridized carbons (Fsp3) is 0. The predicted octanol–water partition coefficient (Wildman–Crippen LogP) is 8.33. The summed E-state index contributed by atoms with van der Waals surface area (Å²) >= 11 is 0. The number of rotatable bonds is 5. The van der Waals surface area contributed by atoms with E-state index in [4.69, 9.17) is 24.9 Å². The molecule has 2 aliphatic heterocycles. The third kappa shape index (κ3) is 4.70. The third-order valence-corrected chi connectivity index (χ3v) is 17.9. The molecule has 8 nitrogen and oxygen atoms in total. The fourth-order valence-corrected chi connectivity index (χ4v) is 15.3. The lowest BCUT2D eigenvalue weighted by Crippen LogP contribution is -2.20. The van der Waals surface area contributed by atoms with E-state index in [1.807, 2.05) is 174 Å². The van der Waals surface area contributed by atoms with Gasteiger partial charge >= 0.3 is 0 Å². The first-order chi connectivity index (χ1) is 29.0. The second-order valence-electron chi connectivity index (χ2n) is 14.7. The van der Waals surface area contributed by atoms with Crippen molar-refractivity contribution in [1.82, 2.24) is 29.5 Å². The van der Waals surface area contributed by atoms with Gasteiger partial charge in [0.2, 0.25) is 5.95 Å². The number of nitrogens with zero attached hydrogens (tertiary/aromatic N) is 6. The van der Waals surface area contributed by atoms with Gasteiger partial charge in [0.05, 0.1) is 0 Å². The van der Waals surface area contributed by atoms with Gasteiger partial charge in [0, 0.05) is 77.2 Å². The van der Waals surface area contributed by atoms with Crippen LogP contribution in [0.25, 0.3) is 73.0 Å². The Morgan fingerprint density at radius 2 is 0.780 bits per heavy atom. The summed E-state index contributed by atoms with van der Waals surface area (Å²) in [7, 11) is -6.53. The maximum absolute atomic E-state index is 15.6. The first-order valence-electron chi connectivity index (χ1n) is 19.3. The van der Waals surface area contributed by atoms with E-state index < -0.39 is 14.3 Å². The Morgan fingerprint density at radius 3 is 1.25 bits per heavy atom. The second kappa shape index (κ2) is 12.7.